The van der Waals surface area contributed by atoms with Gasteiger partial charge in [-0.1, -0.05) is 35.5 Å². The van der Waals surface area contributed by atoms with E-state index in [1.165, 1.54) is 0 Å². The predicted octanol–water partition coefficient (Wildman–Crippen LogP) is 2.13. The molecule has 21 heavy (non-hydrogen) atoms. The number of nitrogens with one attached hydrogen (secondary N) is 1. The topological polar surface area (TPSA) is 91.1 Å². The van der Waals surface area contributed by atoms with E-state index < -0.39 is 11.2 Å². The van der Waals surface area contributed by atoms with Gasteiger partial charge < -0.3 is 10.4 Å². The van der Waals surface area contributed by atoms with Crippen LogP contribution in [0.5, 0.6) is 0 Å². The van der Waals surface area contributed by atoms with Gasteiger partial charge in [0.15, 0.2) is 5.17 Å². The molecule has 1 amide bonds. The molecule has 0 aromatic heterocycles. The van der Waals surface area contributed by atoms with Crippen LogP contribution in [0.25, 0.3) is 0 Å². The van der Waals surface area contributed by atoms with E-state index in [2.05, 4.69) is 15.5 Å². The molecule has 0 saturated carbocycles. The predicted molar refractivity (Wildman–Crippen MR) is 82.9 cm³/mol. The van der Waals surface area contributed by atoms with Crippen LogP contribution in [0, 0.1) is 0 Å². The van der Waals surface area contributed by atoms with Crippen molar-refractivity contribution in [2.45, 2.75) is 18.6 Å². The second-order valence-corrected chi connectivity index (χ2v) is 5.92. The first-order chi connectivity index (χ1) is 9.95. The van der Waals surface area contributed by atoms with Gasteiger partial charge in [0.05, 0.1) is 12.1 Å². The highest BCUT2D eigenvalue weighted by molar-refractivity contribution is 8.15. The van der Waals surface area contributed by atoms with Crippen molar-refractivity contribution in [3.63, 3.8) is 0 Å². The molecule has 0 bridgehead atoms. The lowest BCUT2D eigenvalue weighted by Crippen LogP contribution is -2.26. The van der Waals surface area contributed by atoms with Gasteiger partial charge in [-0.2, -0.15) is 5.10 Å². The van der Waals surface area contributed by atoms with Gasteiger partial charge in [-0.25, -0.2) is 0 Å². The summed E-state index contributed by atoms with van der Waals surface area (Å²) in [5.74, 6) is -1.38. The Morgan fingerprint density at radius 2 is 2.10 bits per heavy atom. The van der Waals surface area contributed by atoms with Crippen molar-refractivity contribution in [3.8, 4) is 0 Å². The molecule has 1 saturated heterocycles. The maximum Gasteiger partial charge on any atom is 0.305 e. The molecule has 1 heterocycles. The molecule has 2 rings (SSSR count). The number of halogens is 1. The lowest BCUT2D eigenvalue weighted by Gasteiger charge is -1.99. The number of benzene rings is 1. The molecule has 8 heteroatoms. The number of hydrogen-bond donors (Lipinski definition) is 2. The van der Waals surface area contributed by atoms with Gasteiger partial charge in [-0.3, -0.25) is 9.59 Å². The highest BCUT2D eigenvalue weighted by Crippen LogP contribution is 2.22. The first kappa shape index (κ1) is 15.5. The highest BCUT2D eigenvalue weighted by atomic mass is 35.5. The van der Waals surface area contributed by atoms with E-state index in [1.807, 2.05) is 12.1 Å². The Bertz CT molecular complexity index is 628. The van der Waals surface area contributed by atoms with Gasteiger partial charge in [-0.05, 0) is 24.6 Å². The number of carbonyl (C=O) groups excluding carboxylic acids is 1. The van der Waals surface area contributed by atoms with Crippen LogP contribution in [0.1, 0.15) is 18.9 Å². The Morgan fingerprint density at radius 1 is 1.43 bits per heavy atom. The highest BCUT2D eigenvalue weighted by Gasteiger charge is 2.32. The standard InChI is InChI=1S/C13H12ClN3O3S/c1-7(8-2-4-9(14)5-3-8)16-17-13-15-12(20)10(21-13)6-11(18)19/h2-5,10H,6H2,1H3,(H,18,19)(H,15,17,20)/b16-7-/t10-/m0/s1. The lowest BCUT2D eigenvalue weighted by atomic mass is 10.1. The van der Waals surface area contributed by atoms with Crippen molar-refractivity contribution in [2.75, 3.05) is 0 Å². The van der Waals surface area contributed by atoms with Gasteiger partial charge in [0.1, 0.15) is 5.25 Å². The Morgan fingerprint density at radius 3 is 2.71 bits per heavy atom. The van der Waals surface area contributed by atoms with Crippen LogP contribution in [0.15, 0.2) is 34.5 Å². The third kappa shape index (κ3) is 4.30. The molecule has 0 aliphatic carbocycles. The number of hydrogen-bond acceptors (Lipinski definition) is 5. The summed E-state index contributed by atoms with van der Waals surface area (Å²) in [4.78, 5) is 22.1. The third-order valence-corrected chi connectivity index (χ3v) is 4.01. The van der Waals surface area contributed by atoms with Crippen LogP contribution in [-0.4, -0.2) is 33.1 Å². The normalized spacial score (nSPS) is 20.7. The van der Waals surface area contributed by atoms with Crippen LogP contribution >= 0.6 is 23.4 Å². The summed E-state index contributed by atoms with van der Waals surface area (Å²) in [7, 11) is 0. The summed E-state index contributed by atoms with van der Waals surface area (Å²) in [5.41, 5.74) is 1.52. The van der Waals surface area contributed by atoms with Crippen molar-refractivity contribution in [1.82, 2.24) is 5.32 Å². The fourth-order valence-electron chi connectivity index (χ4n) is 1.61. The lowest BCUT2D eigenvalue weighted by molar-refractivity contribution is -0.138. The number of nitrogens with zero attached hydrogens (tertiary/aromatic N) is 2. The molecule has 1 aromatic rings. The third-order valence-electron chi connectivity index (χ3n) is 2.69. The van der Waals surface area contributed by atoms with E-state index in [9.17, 15) is 9.59 Å². The molecule has 110 valence electrons. The van der Waals surface area contributed by atoms with E-state index in [0.717, 1.165) is 17.3 Å². The summed E-state index contributed by atoms with van der Waals surface area (Å²) < 4.78 is 0. The second-order valence-electron chi connectivity index (χ2n) is 4.29. The first-order valence-corrected chi connectivity index (χ1v) is 7.29. The molecular formula is C13H12ClN3O3S. The molecule has 0 radical (unpaired) electrons. The van der Waals surface area contributed by atoms with E-state index in [1.54, 1.807) is 19.1 Å². The number of rotatable bonds is 4. The van der Waals surface area contributed by atoms with Crippen LogP contribution in [0.4, 0.5) is 0 Å². The molecule has 1 aromatic carbocycles. The minimum absolute atomic E-state index is 0.241. The molecule has 1 aliphatic rings. The maximum atomic E-state index is 11.5. The minimum Gasteiger partial charge on any atom is -0.481 e. The van der Waals surface area contributed by atoms with E-state index >= 15 is 0 Å². The molecule has 1 aliphatic heterocycles. The maximum absolute atomic E-state index is 11.5. The van der Waals surface area contributed by atoms with Crippen molar-refractivity contribution in [3.05, 3.63) is 34.9 Å². The second kappa shape index (κ2) is 6.73. The fourth-order valence-corrected chi connectivity index (χ4v) is 2.65. The molecule has 0 unspecified atom stereocenters. The summed E-state index contributed by atoms with van der Waals surface area (Å²) >= 11 is 6.87. The average Bonchev–Trinajstić information content (AvgIpc) is 2.77. The smallest absolute Gasteiger partial charge is 0.305 e. The van der Waals surface area contributed by atoms with Crippen LogP contribution in [0.2, 0.25) is 5.02 Å². The van der Waals surface area contributed by atoms with Crippen molar-refractivity contribution >= 4 is 46.1 Å². The minimum atomic E-state index is -1.02. The average molecular weight is 326 g/mol. The summed E-state index contributed by atoms with van der Waals surface area (Å²) in [5, 5.41) is 19.5. The number of thioether (sulfide) groups is 1. The van der Waals surface area contributed by atoms with Crippen LogP contribution in [-0.2, 0) is 9.59 Å². The monoisotopic (exact) mass is 325 g/mol. The quantitative estimate of drug-likeness (QED) is 0.655. The SMILES string of the molecule is C/C(=N/N=C1/NC(=O)[C@H](CC(=O)O)S1)c1ccc(Cl)cc1. The zero-order valence-electron chi connectivity index (χ0n) is 11.0. The summed E-state index contributed by atoms with van der Waals surface area (Å²) in [6.45, 7) is 1.78. The van der Waals surface area contributed by atoms with Gasteiger partial charge >= 0.3 is 5.97 Å². The summed E-state index contributed by atoms with van der Waals surface area (Å²) in [6, 6.07) is 7.12. The van der Waals surface area contributed by atoms with Crippen molar-refractivity contribution in [2.24, 2.45) is 10.2 Å². The number of aliphatic carboxylic acids is 1. The number of amidine groups is 1. The molecular weight excluding hydrogens is 314 g/mol. The largest absolute Gasteiger partial charge is 0.481 e. The van der Waals surface area contributed by atoms with Crippen molar-refractivity contribution in [1.29, 1.82) is 0 Å². The van der Waals surface area contributed by atoms with Gasteiger partial charge in [0.25, 0.3) is 0 Å². The molecule has 1 atom stereocenters. The summed E-state index contributed by atoms with van der Waals surface area (Å²) in [6.07, 6.45) is -0.241. The molecule has 0 spiro atoms. The number of carboxylic acids is 1. The van der Waals surface area contributed by atoms with E-state index in [-0.39, 0.29) is 12.3 Å². The number of carbonyl (C=O) groups is 2. The fraction of sp³-hybridized carbons (Fsp3) is 0.231. The van der Waals surface area contributed by atoms with Crippen molar-refractivity contribution < 1.29 is 14.7 Å². The Labute approximate surface area is 130 Å². The number of amides is 1. The molecule has 6 nitrogen and oxygen atoms in total. The van der Waals surface area contributed by atoms with E-state index in [4.69, 9.17) is 16.7 Å². The van der Waals surface area contributed by atoms with Crippen LogP contribution in [0.3, 0.4) is 0 Å². The number of carboxylic acid groups (broad SMARTS) is 1. The van der Waals surface area contributed by atoms with E-state index in [0.29, 0.717) is 15.9 Å². The van der Waals surface area contributed by atoms with Gasteiger partial charge in [-0.15, -0.1) is 5.10 Å². The van der Waals surface area contributed by atoms with Crippen LogP contribution < -0.4 is 5.32 Å². The first-order valence-electron chi connectivity index (χ1n) is 6.03. The molecule has 1 fully saturated rings. The Balaban J connectivity index is 2.07. The Hall–Kier alpha value is -1.86. The zero-order chi connectivity index (χ0) is 15.4. The molecule has 2 N–H and O–H groups in total. The Kier molecular flexibility index (Phi) is 4.98. The van der Waals surface area contributed by atoms with Gasteiger partial charge in [0.2, 0.25) is 5.91 Å². The van der Waals surface area contributed by atoms with Gasteiger partial charge in [0, 0.05) is 5.02 Å². The zero-order valence-corrected chi connectivity index (χ0v) is 12.6.